The lowest BCUT2D eigenvalue weighted by Crippen LogP contribution is -2.53. The Balaban J connectivity index is 2.59. The van der Waals surface area contributed by atoms with E-state index in [0.29, 0.717) is 38.8 Å². The van der Waals surface area contributed by atoms with Crippen LogP contribution in [0.15, 0.2) is 4.99 Å². The van der Waals surface area contributed by atoms with Gasteiger partial charge >= 0.3 is 0 Å². The third-order valence-corrected chi connectivity index (χ3v) is 4.67. The molecule has 1 unspecified atom stereocenters. The number of aliphatic imine (C=N–C) groups is 1. The zero-order valence-electron chi connectivity index (χ0n) is 16.6. The molecule has 0 amide bonds. The Hall–Kier alpha value is -0.940. The largest absolute Gasteiger partial charge is 0.387 e. The molecule has 1 heterocycles. The highest BCUT2D eigenvalue weighted by atomic mass is 32.2. The summed E-state index contributed by atoms with van der Waals surface area (Å²) in [6, 6.07) is 0. The number of guanidine groups is 1. The van der Waals surface area contributed by atoms with E-state index in [1.807, 2.05) is 6.92 Å². The van der Waals surface area contributed by atoms with Crippen molar-refractivity contribution >= 4 is 16.0 Å². The summed E-state index contributed by atoms with van der Waals surface area (Å²) in [6.45, 7) is 12.1. The quantitative estimate of drug-likeness (QED) is 0.292. The first kappa shape index (κ1) is 23.1. The standard InChI is InChI=1S/C16H35N5O4S/c1-6-17-14(18-11-15(2,3)20-26(5,23)24)19-12-16(4,22)13-21-7-9-25-10-8-21/h20,22H,6-13H2,1-5H3,(H2,17,18,19). The molecule has 1 aliphatic rings. The molecule has 1 saturated heterocycles. The van der Waals surface area contributed by atoms with E-state index in [1.165, 1.54) is 0 Å². The average molecular weight is 394 g/mol. The summed E-state index contributed by atoms with van der Waals surface area (Å²) in [5.74, 6) is 0.540. The van der Waals surface area contributed by atoms with Gasteiger partial charge in [-0.2, -0.15) is 0 Å². The maximum Gasteiger partial charge on any atom is 0.209 e. The average Bonchev–Trinajstić information content (AvgIpc) is 2.48. The number of ether oxygens (including phenoxy) is 1. The van der Waals surface area contributed by atoms with Crippen LogP contribution in [0.4, 0.5) is 0 Å². The lowest BCUT2D eigenvalue weighted by atomic mass is 10.1. The van der Waals surface area contributed by atoms with Crippen molar-refractivity contribution in [1.29, 1.82) is 0 Å². The lowest BCUT2D eigenvalue weighted by Gasteiger charge is -2.34. The van der Waals surface area contributed by atoms with Crippen molar-refractivity contribution in [2.75, 3.05) is 58.7 Å². The molecule has 1 rings (SSSR count). The predicted octanol–water partition coefficient (Wildman–Crippen LogP) is -1.05. The third-order valence-electron chi connectivity index (χ3n) is 3.74. The molecule has 0 saturated carbocycles. The van der Waals surface area contributed by atoms with Crippen molar-refractivity contribution in [2.45, 2.75) is 38.8 Å². The van der Waals surface area contributed by atoms with Crippen molar-refractivity contribution in [3.8, 4) is 0 Å². The molecule has 9 nitrogen and oxygen atoms in total. The molecule has 1 aliphatic heterocycles. The first-order valence-electron chi connectivity index (χ1n) is 8.96. The van der Waals surface area contributed by atoms with Crippen LogP contribution in [0, 0.1) is 0 Å². The molecule has 0 aromatic rings. The van der Waals surface area contributed by atoms with Gasteiger partial charge in [0.25, 0.3) is 0 Å². The Labute approximate surface area is 157 Å². The van der Waals surface area contributed by atoms with Crippen LogP contribution in [-0.2, 0) is 14.8 Å². The van der Waals surface area contributed by atoms with E-state index in [4.69, 9.17) is 4.74 Å². The van der Waals surface area contributed by atoms with Gasteiger partial charge in [-0.05, 0) is 27.7 Å². The van der Waals surface area contributed by atoms with Crippen molar-refractivity contribution in [3.05, 3.63) is 0 Å². The van der Waals surface area contributed by atoms with Crippen molar-refractivity contribution in [1.82, 2.24) is 20.3 Å². The van der Waals surface area contributed by atoms with Crippen LogP contribution in [-0.4, -0.2) is 94.3 Å². The highest BCUT2D eigenvalue weighted by Gasteiger charge is 2.26. The van der Waals surface area contributed by atoms with Gasteiger partial charge in [0.2, 0.25) is 10.0 Å². The van der Waals surface area contributed by atoms with Crippen LogP contribution in [0.1, 0.15) is 27.7 Å². The van der Waals surface area contributed by atoms with Gasteiger partial charge < -0.3 is 20.5 Å². The van der Waals surface area contributed by atoms with Crippen molar-refractivity contribution in [3.63, 3.8) is 0 Å². The van der Waals surface area contributed by atoms with Crippen LogP contribution in [0.3, 0.4) is 0 Å². The van der Waals surface area contributed by atoms with Crippen LogP contribution >= 0.6 is 0 Å². The Morgan fingerprint density at radius 3 is 2.38 bits per heavy atom. The van der Waals surface area contributed by atoms with Crippen LogP contribution in [0.5, 0.6) is 0 Å². The minimum absolute atomic E-state index is 0.265. The highest BCUT2D eigenvalue weighted by Crippen LogP contribution is 2.08. The fraction of sp³-hybridized carbons (Fsp3) is 0.938. The number of β-amino-alcohol motifs (C(OH)–C–C–N with tert-alkyl or cyclic N) is 1. The van der Waals surface area contributed by atoms with E-state index in [0.717, 1.165) is 19.3 Å². The summed E-state index contributed by atoms with van der Waals surface area (Å²) in [7, 11) is -3.31. The Bertz CT molecular complexity index is 557. The molecule has 0 aromatic heterocycles. The second kappa shape index (κ2) is 9.84. The molecule has 0 aliphatic carbocycles. The van der Waals surface area contributed by atoms with Gasteiger partial charge in [-0.1, -0.05) is 0 Å². The number of nitrogens with one attached hydrogen (secondary N) is 3. The fourth-order valence-corrected chi connectivity index (χ4v) is 3.79. The molecule has 0 bridgehead atoms. The van der Waals surface area contributed by atoms with E-state index < -0.39 is 21.2 Å². The summed E-state index contributed by atoms with van der Waals surface area (Å²) in [6.07, 6.45) is 1.13. The second-order valence-corrected chi connectivity index (χ2v) is 9.44. The molecule has 0 spiro atoms. The van der Waals surface area contributed by atoms with Gasteiger partial charge in [-0.3, -0.25) is 9.89 Å². The number of hydrogen-bond acceptors (Lipinski definition) is 6. The Kier molecular flexibility index (Phi) is 8.74. The van der Waals surface area contributed by atoms with E-state index in [2.05, 4.69) is 25.2 Å². The summed E-state index contributed by atoms with van der Waals surface area (Å²) in [5.41, 5.74) is -1.62. The van der Waals surface area contributed by atoms with Crippen LogP contribution < -0.4 is 15.4 Å². The van der Waals surface area contributed by atoms with E-state index in [9.17, 15) is 13.5 Å². The SMILES string of the molecule is CCNC(=NCC(C)(C)NS(C)(=O)=O)NCC(C)(O)CN1CCOCC1. The molecular formula is C16H35N5O4S. The van der Waals surface area contributed by atoms with Crippen molar-refractivity contribution in [2.24, 2.45) is 4.99 Å². The smallest absolute Gasteiger partial charge is 0.209 e. The van der Waals surface area contributed by atoms with Gasteiger partial charge in [-0.25, -0.2) is 13.1 Å². The molecule has 1 fully saturated rings. The highest BCUT2D eigenvalue weighted by molar-refractivity contribution is 7.88. The van der Waals surface area contributed by atoms with E-state index in [-0.39, 0.29) is 6.54 Å². The van der Waals surface area contributed by atoms with E-state index >= 15 is 0 Å². The first-order chi connectivity index (χ1) is 11.9. The molecule has 154 valence electrons. The maximum absolute atomic E-state index is 11.4. The minimum Gasteiger partial charge on any atom is -0.387 e. The summed E-state index contributed by atoms with van der Waals surface area (Å²) in [4.78, 5) is 6.62. The lowest BCUT2D eigenvalue weighted by molar-refractivity contribution is -0.0201. The van der Waals surface area contributed by atoms with Gasteiger partial charge in [0, 0.05) is 38.3 Å². The Morgan fingerprint density at radius 2 is 1.85 bits per heavy atom. The topological polar surface area (TPSA) is 115 Å². The van der Waals surface area contributed by atoms with Crippen LogP contribution in [0.25, 0.3) is 0 Å². The molecule has 10 heteroatoms. The van der Waals surface area contributed by atoms with Crippen LogP contribution in [0.2, 0.25) is 0 Å². The zero-order chi connectivity index (χ0) is 19.8. The van der Waals surface area contributed by atoms with Crippen molar-refractivity contribution < 1.29 is 18.3 Å². The minimum atomic E-state index is -3.31. The van der Waals surface area contributed by atoms with Gasteiger partial charge in [-0.15, -0.1) is 0 Å². The molecule has 4 N–H and O–H groups in total. The molecule has 0 radical (unpaired) electrons. The molecule has 0 aromatic carbocycles. The summed E-state index contributed by atoms with van der Waals surface area (Å²) >= 11 is 0. The van der Waals surface area contributed by atoms with Gasteiger partial charge in [0.1, 0.15) is 0 Å². The second-order valence-electron chi connectivity index (χ2n) is 7.69. The number of aliphatic hydroxyl groups is 1. The fourth-order valence-electron chi connectivity index (χ4n) is 2.72. The predicted molar refractivity (Wildman–Crippen MR) is 104 cm³/mol. The van der Waals surface area contributed by atoms with Gasteiger partial charge in [0.15, 0.2) is 5.96 Å². The number of nitrogens with zero attached hydrogens (tertiary/aromatic N) is 2. The monoisotopic (exact) mass is 393 g/mol. The first-order valence-corrected chi connectivity index (χ1v) is 10.9. The normalized spacial score (nSPS) is 19.8. The number of hydrogen-bond donors (Lipinski definition) is 4. The van der Waals surface area contributed by atoms with E-state index in [1.54, 1.807) is 20.8 Å². The molecular weight excluding hydrogens is 358 g/mol. The third kappa shape index (κ3) is 10.3. The zero-order valence-corrected chi connectivity index (χ0v) is 17.4. The van der Waals surface area contributed by atoms with Gasteiger partial charge in [0.05, 0.1) is 31.6 Å². The molecule has 1 atom stereocenters. The molecule has 26 heavy (non-hydrogen) atoms. The Morgan fingerprint density at radius 1 is 1.23 bits per heavy atom. The maximum atomic E-state index is 11.4. The summed E-state index contributed by atoms with van der Waals surface area (Å²) < 4.78 is 30.7. The number of rotatable bonds is 9. The summed E-state index contributed by atoms with van der Waals surface area (Å²) in [5, 5.41) is 16.9. The number of sulfonamides is 1. The number of morpholine rings is 1.